The molecule has 2 N–H and O–H groups in total. The van der Waals surface area contributed by atoms with Crippen LogP contribution in [0.5, 0.6) is 0 Å². The van der Waals surface area contributed by atoms with Crippen LogP contribution in [-0.2, 0) is 0 Å². The lowest BCUT2D eigenvalue weighted by Crippen LogP contribution is -2.53. The van der Waals surface area contributed by atoms with Gasteiger partial charge in [-0.1, -0.05) is 12.1 Å². The number of likely N-dealkylation sites (tertiary alicyclic amines) is 1. The van der Waals surface area contributed by atoms with Gasteiger partial charge in [-0.25, -0.2) is 0 Å². The predicted octanol–water partition coefficient (Wildman–Crippen LogP) is 1.29. The first-order chi connectivity index (χ1) is 11.2. The van der Waals surface area contributed by atoms with Crippen molar-refractivity contribution in [2.75, 3.05) is 6.54 Å². The maximum absolute atomic E-state index is 12.8. The van der Waals surface area contributed by atoms with Gasteiger partial charge in [0.05, 0.1) is 6.04 Å². The Morgan fingerprint density at radius 3 is 2.30 bits per heavy atom. The van der Waals surface area contributed by atoms with Crippen LogP contribution >= 0.6 is 0 Å². The molecule has 2 aromatic rings. The first kappa shape index (κ1) is 15.3. The normalized spacial score (nSPS) is 21.0. The second-order valence-corrected chi connectivity index (χ2v) is 5.59. The van der Waals surface area contributed by atoms with Gasteiger partial charge >= 0.3 is 0 Å². The van der Waals surface area contributed by atoms with Crippen LogP contribution in [0, 0.1) is 0 Å². The van der Waals surface area contributed by atoms with E-state index in [-0.39, 0.29) is 17.7 Å². The van der Waals surface area contributed by atoms with Crippen LogP contribution < -0.4 is 5.73 Å². The van der Waals surface area contributed by atoms with E-state index >= 15 is 0 Å². The lowest BCUT2D eigenvalue weighted by molar-refractivity contribution is 0.0523. The molecule has 118 valence electrons. The van der Waals surface area contributed by atoms with E-state index in [1.54, 1.807) is 53.7 Å². The van der Waals surface area contributed by atoms with E-state index in [9.17, 15) is 9.59 Å². The van der Waals surface area contributed by atoms with Crippen LogP contribution in [-0.4, -0.2) is 45.2 Å². The van der Waals surface area contributed by atoms with Crippen LogP contribution in [0.25, 0.3) is 0 Å². The number of hydrogen-bond acceptors (Lipinski definition) is 5. The fourth-order valence-corrected chi connectivity index (χ4v) is 2.80. The van der Waals surface area contributed by atoms with Gasteiger partial charge in [0.25, 0.3) is 5.91 Å². The highest BCUT2D eigenvalue weighted by molar-refractivity contribution is 6.02. The summed E-state index contributed by atoms with van der Waals surface area (Å²) in [5.74, 6) is -0.420. The maximum atomic E-state index is 12.8. The SMILES string of the molecule is NC1CCN(C(=O)c2ccccn2)C(C(=O)c2ccccn2)C1. The molecule has 23 heavy (non-hydrogen) atoms. The summed E-state index contributed by atoms with van der Waals surface area (Å²) in [6.45, 7) is 0.444. The third-order valence-electron chi connectivity index (χ3n) is 4.01. The number of hydrogen-bond donors (Lipinski definition) is 1. The van der Waals surface area contributed by atoms with Crippen LogP contribution in [0.1, 0.15) is 33.8 Å². The smallest absolute Gasteiger partial charge is 0.273 e. The van der Waals surface area contributed by atoms with Crippen LogP contribution in [0.2, 0.25) is 0 Å². The molecule has 1 amide bonds. The van der Waals surface area contributed by atoms with Gasteiger partial charge in [0, 0.05) is 25.0 Å². The first-order valence-corrected chi connectivity index (χ1v) is 7.59. The molecule has 1 aliphatic rings. The van der Waals surface area contributed by atoms with Gasteiger partial charge in [-0.3, -0.25) is 19.6 Å². The molecule has 0 saturated carbocycles. The summed E-state index contributed by atoms with van der Waals surface area (Å²) in [4.78, 5) is 35.2. The second-order valence-electron chi connectivity index (χ2n) is 5.59. The van der Waals surface area contributed by atoms with Gasteiger partial charge in [-0.05, 0) is 37.1 Å². The number of ketones is 1. The molecule has 6 heteroatoms. The second kappa shape index (κ2) is 6.66. The number of nitrogens with two attached hydrogens (primary N) is 1. The van der Waals surface area contributed by atoms with Crippen molar-refractivity contribution in [3.8, 4) is 0 Å². The third kappa shape index (κ3) is 3.27. The molecule has 2 unspecified atom stereocenters. The number of pyridine rings is 2. The fourth-order valence-electron chi connectivity index (χ4n) is 2.80. The molecule has 2 aromatic heterocycles. The minimum Gasteiger partial charge on any atom is -0.328 e. The van der Waals surface area contributed by atoms with E-state index in [1.165, 1.54) is 0 Å². The number of piperidine rings is 1. The fraction of sp³-hybridized carbons (Fsp3) is 0.294. The predicted molar refractivity (Wildman–Crippen MR) is 84.8 cm³/mol. The molecule has 0 spiro atoms. The quantitative estimate of drug-likeness (QED) is 0.863. The molecule has 0 radical (unpaired) electrons. The average molecular weight is 310 g/mol. The van der Waals surface area contributed by atoms with Gasteiger partial charge in [-0.15, -0.1) is 0 Å². The van der Waals surface area contributed by atoms with Crippen molar-refractivity contribution >= 4 is 11.7 Å². The number of Topliss-reactive ketones (excluding diaryl/α,β-unsaturated/α-hetero) is 1. The molecule has 0 aliphatic carbocycles. The Kier molecular flexibility index (Phi) is 4.43. The highest BCUT2D eigenvalue weighted by Crippen LogP contribution is 2.21. The van der Waals surface area contributed by atoms with Crippen LogP contribution in [0.15, 0.2) is 48.8 Å². The number of aromatic nitrogens is 2. The van der Waals surface area contributed by atoms with E-state index in [1.807, 2.05) is 0 Å². The summed E-state index contributed by atoms with van der Waals surface area (Å²) in [5.41, 5.74) is 6.70. The largest absolute Gasteiger partial charge is 0.328 e. The zero-order valence-corrected chi connectivity index (χ0v) is 12.6. The van der Waals surface area contributed by atoms with Gasteiger partial charge in [0.2, 0.25) is 5.78 Å². The summed E-state index contributed by atoms with van der Waals surface area (Å²) in [6.07, 6.45) is 4.25. The lowest BCUT2D eigenvalue weighted by Gasteiger charge is -2.37. The number of carbonyl (C=O) groups is 2. The molecule has 3 rings (SSSR count). The third-order valence-corrected chi connectivity index (χ3v) is 4.01. The summed E-state index contributed by atoms with van der Waals surface area (Å²) >= 11 is 0. The van der Waals surface area contributed by atoms with E-state index in [2.05, 4.69) is 9.97 Å². The zero-order chi connectivity index (χ0) is 16.2. The number of carbonyl (C=O) groups excluding carboxylic acids is 2. The molecule has 1 saturated heterocycles. The molecule has 2 atom stereocenters. The molecule has 0 aromatic carbocycles. The van der Waals surface area contributed by atoms with Crippen LogP contribution in [0.4, 0.5) is 0 Å². The molecule has 3 heterocycles. The Hall–Kier alpha value is -2.60. The highest BCUT2D eigenvalue weighted by Gasteiger charge is 2.36. The van der Waals surface area contributed by atoms with Gasteiger partial charge in [0.1, 0.15) is 11.4 Å². The number of rotatable bonds is 3. The Bertz CT molecular complexity index is 690. The van der Waals surface area contributed by atoms with E-state index in [0.717, 1.165) is 0 Å². The van der Waals surface area contributed by atoms with Gasteiger partial charge in [-0.2, -0.15) is 0 Å². The van der Waals surface area contributed by atoms with Crippen molar-refractivity contribution in [2.24, 2.45) is 5.73 Å². The van der Waals surface area contributed by atoms with Gasteiger partial charge < -0.3 is 10.6 Å². The highest BCUT2D eigenvalue weighted by atomic mass is 16.2. The van der Waals surface area contributed by atoms with Crippen LogP contribution in [0.3, 0.4) is 0 Å². The van der Waals surface area contributed by atoms with Crippen molar-refractivity contribution in [1.82, 2.24) is 14.9 Å². The Labute approximate surface area is 134 Å². The minimum absolute atomic E-state index is 0.0968. The van der Waals surface area contributed by atoms with E-state index in [4.69, 9.17) is 5.73 Å². The Morgan fingerprint density at radius 2 is 1.70 bits per heavy atom. The first-order valence-electron chi connectivity index (χ1n) is 7.59. The summed E-state index contributed by atoms with van der Waals surface area (Å²) in [6, 6.07) is 9.63. The molecule has 0 bridgehead atoms. The van der Waals surface area contributed by atoms with Crippen molar-refractivity contribution in [1.29, 1.82) is 0 Å². The number of amides is 1. The lowest BCUT2D eigenvalue weighted by atomic mass is 9.93. The molecule has 1 aliphatic heterocycles. The summed E-state index contributed by atoms with van der Waals surface area (Å²) in [7, 11) is 0. The molecule has 6 nitrogen and oxygen atoms in total. The zero-order valence-electron chi connectivity index (χ0n) is 12.6. The van der Waals surface area contributed by atoms with Crippen molar-refractivity contribution in [3.05, 3.63) is 60.2 Å². The number of nitrogens with zero attached hydrogens (tertiary/aromatic N) is 3. The Balaban J connectivity index is 1.88. The Morgan fingerprint density at radius 1 is 1.04 bits per heavy atom. The summed E-state index contributed by atoms with van der Waals surface area (Å²) < 4.78 is 0. The van der Waals surface area contributed by atoms with Crippen molar-refractivity contribution in [3.63, 3.8) is 0 Å². The molecule has 1 fully saturated rings. The monoisotopic (exact) mass is 310 g/mol. The van der Waals surface area contributed by atoms with Crippen molar-refractivity contribution < 1.29 is 9.59 Å². The maximum Gasteiger partial charge on any atom is 0.273 e. The topological polar surface area (TPSA) is 89.2 Å². The van der Waals surface area contributed by atoms with E-state index < -0.39 is 6.04 Å². The summed E-state index contributed by atoms with van der Waals surface area (Å²) in [5, 5.41) is 0. The van der Waals surface area contributed by atoms with Gasteiger partial charge in [0.15, 0.2) is 0 Å². The van der Waals surface area contributed by atoms with E-state index in [0.29, 0.717) is 30.8 Å². The standard InChI is InChI=1S/C17H18N4O2/c18-12-7-10-21(17(23)14-6-2-4-9-20-14)15(11-12)16(22)13-5-1-3-8-19-13/h1-6,8-9,12,15H,7,10-11,18H2. The minimum atomic E-state index is -0.594. The van der Waals surface area contributed by atoms with Crippen molar-refractivity contribution in [2.45, 2.75) is 24.9 Å². The molecular weight excluding hydrogens is 292 g/mol. The average Bonchev–Trinajstić information content (AvgIpc) is 2.62. The molecular formula is C17H18N4O2.